The van der Waals surface area contributed by atoms with E-state index in [-0.39, 0.29) is 11.8 Å². The van der Waals surface area contributed by atoms with Gasteiger partial charge in [-0.1, -0.05) is 67.8 Å². The van der Waals surface area contributed by atoms with E-state index in [0.29, 0.717) is 5.69 Å². The van der Waals surface area contributed by atoms with Gasteiger partial charge < -0.3 is 14.5 Å². The Labute approximate surface area is 221 Å². The van der Waals surface area contributed by atoms with Crippen molar-refractivity contribution in [2.45, 2.75) is 38.6 Å². The summed E-state index contributed by atoms with van der Waals surface area (Å²) >= 11 is 0. The Morgan fingerprint density at radius 3 is 2.19 bits per heavy atom. The van der Waals surface area contributed by atoms with Crippen LogP contribution >= 0.6 is 0 Å². The topological polar surface area (TPSA) is 49.9 Å². The lowest BCUT2D eigenvalue weighted by atomic mass is 9.88. The van der Waals surface area contributed by atoms with Gasteiger partial charge in [0.05, 0.1) is 15.0 Å². The number of rotatable bonds is 8. The molecule has 0 unspecified atom stereocenters. The van der Waals surface area contributed by atoms with Crippen LogP contribution in [-0.4, -0.2) is 33.1 Å². The van der Waals surface area contributed by atoms with Crippen LogP contribution < -0.4 is 9.80 Å². The third kappa shape index (κ3) is 6.88. The molecule has 1 saturated carbocycles. The van der Waals surface area contributed by atoms with Crippen molar-refractivity contribution in [3.63, 3.8) is 0 Å². The van der Waals surface area contributed by atoms with E-state index in [0.717, 1.165) is 60.0 Å². The molecule has 1 atom stereocenters. The molecule has 5 nitrogen and oxygen atoms in total. The smallest absolute Gasteiger partial charge is 0.330 e. The van der Waals surface area contributed by atoms with Crippen LogP contribution in [-0.2, 0) is 20.8 Å². The third-order valence-electron chi connectivity index (χ3n) is 6.86. The van der Waals surface area contributed by atoms with Gasteiger partial charge in [0.1, 0.15) is 0 Å². The molecule has 192 valence electrons. The number of benzene rings is 3. The number of anilines is 2. The monoisotopic (exact) mass is 497 g/mol. The number of carbonyl (C=O) groups excluding carboxylic acids is 2. The van der Waals surface area contributed by atoms with Gasteiger partial charge >= 0.3 is 5.97 Å². The van der Waals surface area contributed by atoms with E-state index >= 15 is 0 Å². The van der Waals surface area contributed by atoms with Gasteiger partial charge in [-0.25, -0.2) is 4.79 Å². The van der Waals surface area contributed by atoms with Crippen LogP contribution in [0.4, 0.5) is 11.4 Å². The lowest BCUT2D eigenvalue weighted by molar-refractivity contribution is -0.134. The summed E-state index contributed by atoms with van der Waals surface area (Å²) in [6, 6.07) is 23.7. The van der Waals surface area contributed by atoms with Crippen molar-refractivity contribution in [1.29, 1.82) is 0 Å². The second kappa shape index (κ2) is 12.4. The summed E-state index contributed by atoms with van der Waals surface area (Å²) < 4.78 is 13.9. The fourth-order valence-electron chi connectivity index (χ4n) is 4.68. The minimum atomic E-state index is -0.894. The van der Waals surface area contributed by atoms with E-state index < -0.39 is 12.5 Å². The van der Waals surface area contributed by atoms with E-state index in [4.69, 9.17) is 4.74 Å². The number of carbonyl (C=O) groups is 2. The van der Waals surface area contributed by atoms with Gasteiger partial charge in [-0.15, -0.1) is 0 Å². The molecule has 4 rings (SSSR count). The van der Waals surface area contributed by atoms with Gasteiger partial charge in [0, 0.05) is 37.5 Å². The lowest BCUT2D eigenvalue weighted by Gasteiger charge is -2.30. The highest BCUT2D eigenvalue weighted by molar-refractivity contribution is 5.95. The Morgan fingerprint density at radius 2 is 1.57 bits per heavy atom. The second-order valence-electron chi connectivity index (χ2n) is 9.69. The first kappa shape index (κ1) is 24.8. The van der Waals surface area contributed by atoms with Gasteiger partial charge in [-0.2, -0.15) is 0 Å². The van der Waals surface area contributed by atoms with Crippen molar-refractivity contribution in [3.8, 4) is 11.1 Å². The average Bonchev–Trinajstić information content (AvgIpc) is 2.96. The summed E-state index contributed by atoms with van der Waals surface area (Å²) in [5, 5.41) is 0. The van der Waals surface area contributed by atoms with Gasteiger partial charge in [0.25, 0.3) is 0 Å². The van der Waals surface area contributed by atoms with Crippen LogP contribution in [0.2, 0.25) is 0 Å². The quantitative estimate of drug-likeness (QED) is 0.256. The maximum absolute atomic E-state index is 13.8. The van der Waals surface area contributed by atoms with Crippen molar-refractivity contribution >= 4 is 29.3 Å². The van der Waals surface area contributed by atoms with E-state index in [9.17, 15) is 11.0 Å². The number of esters is 1. The molecule has 3 aromatic carbocycles. The number of ether oxygens (including phenoxy) is 1. The van der Waals surface area contributed by atoms with Crippen LogP contribution in [0.15, 0.2) is 78.9 Å². The molecule has 1 fully saturated rings. The molecule has 3 aromatic rings. The Bertz CT molecular complexity index is 1260. The fraction of sp³-hybridized carbons (Fsp3) is 0.312. The molecule has 1 amide bonds. The van der Waals surface area contributed by atoms with Crippen LogP contribution in [0, 0.1) is 5.92 Å². The van der Waals surface area contributed by atoms with Crippen LogP contribution in [0.25, 0.3) is 17.2 Å². The van der Waals surface area contributed by atoms with Crippen molar-refractivity contribution in [3.05, 3.63) is 90.0 Å². The molecule has 0 N–H and O–H groups in total. The molecule has 1 aliphatic rings. The molecule has 37 heavy (non-hydrogen) atoms. The first-order valence-corrected chi connectivity index (χ1v) is 12.9. The number of hydrogen-bond donors (Lipinski definition) is 0. The molecule has 0 aromatic heterocycles. The van der Waals surface area contributed by atoms with Crippen LogP contribution in [0.3, 0.4) is 0 Å². The van der Waals surface area contributed by atoms with Gasteiger partial charge in [-0.3, -0.25) is 4.79 Å². The number of nitrogens with zero attached hydrogens (tertiary/aromatic N) is 2. The minimum Gasteiger partial charge on any atom is -0.466 e. The fourth-order valence-corrected chi connectivity index (χ4v) is 4.68. The normalized spacial score (nSPS) is 15.2. The van der Waals surface area contributed by atoms with Crippen molar-refractivity contribution in [2.24, 2.45) is 5.92 Å². The van der Waals surface area contributed by atoms with E-state index in [1.54, 1.807) is 11.0 Å². The first-order valence-electron chi connectivity index (χ1n) is 13.4. The molecule has 5 heteroatoms. The van der Waals surface area contributed by atoms with Crippen LogP contribution in [0.1, 0.15) is 44.6 Å². The van der Waals surface area contributed by atoms with Gasteiger partial charge in [0.15, 0.2) is 0 Å². The molecule has 0 heterocycles. The molecule has 0 radical (unpaired) electrons. The zero-order valence-electron chi connectivity index (χ0n) is 22.9. The Hall–Kier alpha value is -3.86. The number of amides is 1. The summed E-state index contributed by atoms with van der Waals surface area (Å²) in [6.07, 6.45) is 7.95. The van der Waals surface area contributed by atoms with E-state index in [2.05, 4.69) is 29.2 Å². The summed E-state index contributed by atoms with van der Waals surface area (Å²) in [4.78, 5) is 29.1. The molecule has 0 aliphatic heterocycles. The average molecular weight is 498 g/mol. The largest absolute Gasteiger partial charge is 0.466 e. The SMILES string of the molecule is [2H][C@@H](c1ccc(-c2ccc(N(C)C)cc2)cc1)N(C(=O)C1CCCCC1)c1cccc(/C=C/C(=O)OC)c1. The maximum atomic E-state index is 13.8. The summed E-state index contributed by atoms with van der Waals surface area (Å²) in [6.45, 7) is -0.894. The predicted molar refractivity (Wildman–Crippen MR) is 151 cm³/mol. The Kier molecular flexibility index (Phi) is 8.32. The first-order chi connectivity index (χ1) is 18.4. The standard InChI is InChI=1S/C32H36N2O3/c1-33(2)29-19-17-27(18-20-29)26-15-12-25(13-16-26)23-34(32(36)28-9-5-4-6-10-28)30-11-7-8-24(22-30)14-21-31(35)37-3/h7-8,11-22,28H,4-6,9-10,23H2,1-3H3/b21-14+/i23D/t23-/m0/s1. The lowest BCUT2D eigenvalue weighted by Crippen LogP contribution is -2.36. The van der Waals surface area contributed by atoms with Crippen molar-refractivity contribution < 1.29 is 15.7 Å². The molecular formula is C32H36N2O3. The van der Waals surface area contributed by atoms with Crippen molar-refractivity contribution in [2.75, 3.05) is 31.0 Å². The number of methoxy groups -OCH3 is 1. The molecule has 0 saturated heterocycles. The number of hydrogen-bond acceptors (Lipinski definition) is 4. The zero-order chi connectivity index (χ0) is 27.1. The summed E-state index contributed by atoms with van der Waals surface area (Å²) in [7, 11) is 5.37. The Morgan fingerprint density at radius 1 is 0.919 bits per heavy atom. The molecular weight excluding hydrogens is 460 g/mol. The highest BCUT2D eigenvalue weighted by Gasteiger charge is 2.27. The van der Waals surface area contributed by atoms with Gasteiger partial charge in [0.2, 0.25) is 5.91 Å². The predicted octanol–water partition coefficient (Wildman–Crippen LogP) is 6.72. The second-order valence-corrected chi connectivity index (χ2v) is 9.69. The van der Waals surface area contributed by atoms with E-state index in [1.165, 1.54) is 13.2 Å². The van der Waals surface area contributed by atoms with Crippen LogP contribution in [0.5, 0.6) is 0 Å². The minimum absolute atomic E-state index is 0.0119. The zero-order valence-corrected chi connectivity index (χ0v) is 21.9. The van der Waals surface area contributed by atoms with Crippen molar-refractivity contribution in [1.82, 2.24) is 0 Å². The highest BCUT2D eigenvalue weighted by Crippen LogP contribution is 2.30. The highest BCUT2D eigenvalue weighted by atomic mass is 16.5. The summed E-state index contributed by atoms with van der Waals surface area (Å²) in [5.41, 5.74) is 5.46. The molecule has 0 spiro atoms. The van der Waals surface area contributed by atoms with Gasteiger partial charge in [-0.05, 0) is 65.4 Å². The third-order valence-corrected chi connectivity index (χ3v) is 6.86. The summed E-state index contributed by atoms with van der Waals surface area (Å²) in [5.74, 6) is -0.539. The van der Waals surface area contributed by atoms with E-state index in [1.807, 2.05) is 62.6 Å². The maximum Gasteiger partial charge on any atom is 0.330 e. The Balaban J connectivity index is 1.63. The molecule has 1 aliphatic carbocycles. The molecule has 0 bridgehead atoms.